The zero-order chi connectivity index (χ0) is 20.9. The predicted molar refractivity (Wildman–Crippen MR) is 103 cm³/mol. The summed E-state index contributed by atoms with van der Waals surface area (Å²) < 4.78 is 45.4. The van der Waals surface area contributed by atoms with Crippen LogP contribution in [0.3, 0.4) is 0 Å². The molecule has 0 heterocycles. The summed E-state index contributed by atoms with van der Waals surface area (Å²) in [6.07, 6.45) is -0.415. The van der Waals surface area contributed by atoms with Crippen molar-refractivity contribution in [2.75, 3.05) is 16.2 Å². The van der Waals surface area contributed by atoms with Crippen molar-refractivity contribution < 1.29 is 27.1 Å². The zero-order valence-electron chi connectivity index (χ0n) is 15.7. The Morgan fingerprint density at radius 1 is 1.07 bits per heavy atom. The lowest BCUT2D eigenvalue weighted by Crippen LogP contribution is -2.37. The van der Waals surface area contributed by atoms with Crippen LogP contribution >= 0.6 is 0 Å². The molecule has 0 aliphatic carbocycles. The van der Waals surface area contributed by atoms with E-state index >= 15 is 0 Å². The summed E-state index contributed by atoms with van der Waals surface area (Å²) in [6, 6.07) is 10.2. The standard InChI is InChI=1S/C19H21FN2O5S/c1-13(2)27-19(24)12-22(17-8-4-15(20)5-9-17)28(25,26)18-10-6-16(7-11-18)21-14(3)23/h4-11,13H,12H2,1-3H3,(H,21,23). The van der Waals surface area contributed by atoms with Crippen LogP contribution in [-0.4, -0.2) is 32.9 Å². The number of ether oxygens (including phenoxy) is 1. The Bertz CT molecular complexity index is 941. The molecule has 0 bridgehead atoms. The van der Waals surface area contributed by atoms with Crippen LogP contribution < -0.4 is 9.62 Å². The van der Waals surface area contributed by atoms with Gasteiger partial charge in [0.15, 0.2) is 0 Å². The van der Waals surface area contributed by atoms with E-state index in [1.807, 2.05) is 0 Å². The highest BCUT2D eigenvalue weighted by Gasteiger charge is 2.28. The van der Waals surface area contributed by atoms with E-state index < -0.39 is 34.5 Å². The number of rotatable bonds is 7. The van der Waals surface area contributed by atoms with Gasteiger partial charge in [-0.3, -0.25) is 13.9 Å². The molecular weight excluding hydrogens is 387 g/mol. The third-order valence-corrected chi connectivity index (χ3v) is 5.31. The van der Waals surface area contributed by atoms with Crippen molar-refractivity contribution in [1.82, 2.24) is 0 Å². The molecular formula is C19H21FN2O5S. The first kappa shape index (κ1) is 21.4. The number of halogens is 1. The summed E-state index contributed by atoms with van der Waals surface area (Å²) >= 11 is 0. The lowest BCUT2D eigenvalue weighted by atomic mass is 10.3. The lowest BCUT2D eigenvalue weighted by Gasteiger charge is -2.24. The van der Waals surface area contributed by atoms with E-state index in [0.29, 0.717) is 5.69 Å². The normalized spacial score (nSPS) is 11.2. The Balaban J connectivity index is 2.40. The minimum absolute atomic E-state index is 0.0942. The highest BCUT2D eigenvalue weighted by atomic mass is 32.2. The van der Waals surface area contributed by atoms with Gasteiger partial charge in [-0.25, -0.2) is 12.8 Å². The summed E-state index contributed by atoms with van der Waals surface area (Å²) in [6.45, 7) is 4.06. The Morgan fingerprint density at radius 2 is 1.64 bits per heavy atom. The van der Waals surface area contributed by atoms with Gasteiger partial charge in [0.2, 0.25) is 5.91 Å². The van der Waals surface area contributed by atoms with Gasteiger partial charge in [0.1, 0.15) is 12.4 Å². The third-order valence-electron chi connectivity index (χ3n) is 3.52. The fourth-order valence-corrected chi connectivity index (χ4v) is 3.79. The number of sulfonamides is 1. The minimum Gasteiger partial charge on any atom is -0.462 e. The number of hydrogen-bond donors (Lipinski definition) is 1. The summed E-state index contributed by atoms with van der Waals surface area (Å²) in [7, 11) is -4.15. The molecule has 28 heavy (non-hydrogen) atoms. The van der Waals surface area contributed by atoms with Crippen LogP contribution in [0.15, 0.2) is 53.4 Å². The minimum atomic E-state index is -4.15. The van der Waals surface area contributed by atoms with Crippen LogP contribution in [0, 0.1) is 5.82 Å². The molecule has 2 aromatic carbocycles. The van der Waals surface area contributed by atoms with Crippen molar-refractivity contribution in [1.29, 1.82) is 0 Å². The Hall–Kier alpha value is -2.94. The van der Waals surface area contributed by atoms with E-state index in [0.717, 1.165) is 16.4 Å². The summed E-state index contributed by atoms with van der Waals surface area (Å²) in [5, 5.41) is 2.54. The maximum absolute atomic E-state index is 13.3. The van der Waals surface area contributed by atoms with E-state index in [4.69, 9.17) is 4.74 Å². The molecule has 1 N–H and O–H groups in total. The number of anilines is 2. The van der Waals surface area contributed by atoms with Gasteiger partial charge in [0.05, 0.1) is 16.7 Å². The fourth-order valence-electron chi connectivity index (χ4n) is 2.38. The molecule has 150 valence electrons. The number of nitrogens with zero attached hydrogens (tertiary/aromatic N) is 1. The third kappa shape index (κ3) is 5.53. The molecule has 7 nitrogen and oxygen atoms in total. The van der Waals surface area contributed by atoms with E-state index in [1.165, 1.54) is 43.3 Å². The molecule has 0 atom stereocenters. The van der Waals surface area contributed by atoms with Gasteiger partial charge in [-0.2, -0.15) is 0 Å². The Labute approximate surface area is 163 Å². The molecule has 1 amide bonds. The molecule has 0 aliphatic heterocycles. The number of esters is 1. The number of hydrogen-bond acceptors (Lipinski definition) is 5. The van der Waals surface area contributed by atoms with Crippen molar-refractivity contribution in [3.8, 4) is 0 Å². The summed E-state index contributed by atoms with van der Waals surface area (Å²) in [4.78, 5) is 23.1. The molecule has 0 radical (unpaired) electrons. The van der Waals surface area contributed by atoms with Gasteiger partial charge in [-0.1, -0.05) is 0 Å². The highest BCUT2D eigenvalue weighted by Crippen LogP contribution is 2.25. The topological polar surface area (TPSA) is 92.8 Å². The molecule has 0 saturated carbocycles. The average molecular weight is 408 g/mol. The first-order valence-corrected chi connectivity index (χ1v) is 9.89. The smallest absolute Gasteiger partial charge is 0.327 e. The van der Waals surface area contributed by atoms with E-state index in [1.54, 1.807) is 13.8 Å². The van der Waals surface area contributed by atoms with Crippen LogP contribution in [-0.2, 0) is 24.3 Å². The van der Waals surface area contributed by atoms with E-state index in [2.05, 4.69) is 5.32 Å². The second kappa shape index (κ2) is 8.83. The molecule has 0 aromatic heterocycles. The molecule has 0 fully saturated rings. The van der Waals surface area contributed by atoms with Crippen LogP contribution in [0.1, 0.15) is 20.8 Å². The molecule has 0 aliphatic rings. The molecule has 2 rings (SSSR count). The molecule has 0 unspecified atom stereocenters. The zero-order valence-corrected chi connectivity index (χ0v) is 16.5. The van der Waals surface area contributed by atoms with Crippen molar-refractivity contribution in [3.63, 3.8) is 0 Å². The Morgan fingerprint density at radius 3 is 2.14 bits per heavy atom. The fraction of sp³-hybridized carbons (Fsp3) is 0.263. The highest BCUT2D eigenvalue weighted by molar-refractivity contribution is 7.92. The molecule has 2 aromatic rings. The van der Waals surface area contributed by atoms with Gasteiger partial charge < -0.3 is 10.1 Å². The van der Waals surface area contributed by atoms with Gasteiger partial charge >= 0.3 is 5.97 Å². The SMILES string of the molecule is CC(=O)Nc1ccc(S(=O)(=O)N(CC(=O)OC(C)C)c2ccc(F)cc2)cc1. The second-order valence-electron chi connectivity index (χ2n) is 6.23. The number of benzene rings is 2. The monoisotopic (exact) mass is 408 g/mol. The van der Waals surface area contributed by atoms with Crippen molar-refractivity contribution in [2.24, 2.45) is 0 Å². The first-order valence-electron chi connectivity index (χ1n) is 8.45. The maximum Gasteiger partial charge on any atom is 0.327 e. The quantitative estimate of drug-likeness (QED) is 0.711. The van der Waals surface area contributed by atoms with Crippen molar-refractivity contribution in [3.05, 3.63) is 54.3 Å². The van der Waals surface area contributed by atoms with E-state index in [-0.39, 0.29) is 16.5 Å². The van der Waals surface area contributed by atoms with Gasteiger partial charge in [0, 0.05) is 12.6 Å². The summed E-state index contributed by atoms with van der Waals surface area (Å²) in [5.41, 5.74) is 0.548. The predicted octanol–water partition coefficient (Wildman–Crippen LogP) is 2.93. The first-order chi connectivity index (χ1) is 13.1. The molecule has 9 heteroatoms. The van der Waals surface area contributed by atoms with Crippen LogP contribution in [0.4, 0.5) is 15.8 Å². The molecule has 0 spiro atoms. The number of nitrogens with one attached hydrogen (secondary N) is 1. The summed E-state index contributed by atoms with van der Waals surface area (Å²) in [5.74, 6) is -1.57. The van der Waals surface area contributed by atoms with Crippen LogP contribution in [0.25, 0.3) is 0 Å². The molecule has 0 saturated heterocycles. The number of carbonyl (C=O) groups excluding carboxylic acids is 2. The lowest BCUT2D eigenvalue weighted by molar-refractivity contribution is -0.145. The average Bonchev–Trinajstić information content (AvgIpc) is 2.60. The van der Waals surface area contributed by atoms with Crippen molar-refractivity contribution >= 4 is 33.3 Å². The van der Waals surface area contributed by atoms with Crippen molar-refractivity contribution in [2.45, 2.75) is 31.8 Å². The Kier molecular flexibility index (Phi) is 6.74. The van der Waals surface area contributed by atoms with Gasteiger partial charge in [0.25, 0.3) is 10.0 Å². The second-order valence-corrected chi connectivity index (χ2v) is 8.09. The van der Waals surface area contributed by atoms with Crippen LogP contribution in [0.5, 0.6) is 0 Å². The van der Waals surface area contributed by atoms with Gasteiger partial charge in [-0.05, 0) is 62.4 Å². The van der Waals surface area contributed by atoms with E-state index in [9.17, 15) is 22.4 Å². The van der Waals surface area contributed by atoms with Gasteiger partial charge in [-0.15, -0.1) is 0 Å². The number of carbonyl (C=O) groups is 2. The maximum atomic E-state index is 13.3. The van der Waals surface area contributed by atoms with Crippen LogP contribution in [0.2, 0.25) is 0 Å². The largest absolute Gasteiger partial charge is 0.462 e. The number of amides is 1.